The molecule has 4 rings (SSSR count). The van der Waals surface area contributed by atoms with Crippen LogP contribution in [0.25, 0.3) is 0 Å². The van der Waals surface area contributed by atoms with E-state index < -0.39 is 15.9 Å². The monoisotopic (exact) mass is 499 g/mol. The lowest BCUT2D eigenvalue weighted by Gasteiger charge is -2.61. The van der Waals surface area contributed by atoms with Crippen LogP contribution in [0.3, 0.4) is 0 Å². The highest BCUT2D eigenvalue weighted by Gasteiger charge is 2.60. The SMILES string of the molecule is C[C@H](CCC(=O)NCCS(=O)(=O)O)[C@@H]1CC[C@@H]2[C@@H]1[C@H](C)C[C@H]1[C@H]2[C@H](O)C[C@@H]2C[C@H](O)CC[C@@]21C. The van der Waals surface area contributed by atoms with Gasteiger partial charge in [-0.2, -0.15) is 8.42 Å². The summed E-state index contributed by atoms with van der Waals surface area (Å²) in [5, 5.41) is 24.2. The molecule has 1 amide bonds. The average molecular weight is 500 g/mol. The summed E-state index contributed by atoms with van der Waals surface area (Å²) in [6.07, 6.45) is 7.76. The lowest BCUT2D eigenvalue weighted by molar-refractivity contribution is -0.168. The molecule has 196 valence electrons. The molecule has 0 aliphatic heterocycles. The Morgan fingerprint density at radius 1 is 1.12 bits per heavy atom. The van der Waals surface area contributed by atoms with Gasteiger partial charge in [0.15, 0.2) is 0 Å². The van der Waals surface area contributed by atoms with E-state index in [0.717, 1.165) is 51.4 Å². The van der Waals surface area contributed by atoms with Crippen LogP contribution in [0.1, 0.15) is 78.6 Å². The van der Waals surface area contributed by atoms with Gasteiger partial charge in [0.2, 0.25) is 5.91 Å². The summed E-state index contributed by atoms with van der Waals surface area (Å²) in [5.41, 5.74) is 0.228. The maximum absolute atomic E-state index is 12.2. The third kappa shape index (κ3) is 5.21. The highest BCUT2D eigenvalue weighted by Crippen LogP contribution is 2.65. The maximum Gasteiger partial charge on any atom is 0.266 e. The summed E-state index contributed by atoms with van der Waals surface area (Å²) in [5.74, 6) is 3.38. The van der Waals surface area contributed by atoms with Crippen molar-refractivity contribution < 1.29 is 28.0 Å². The number of rotatable bonds is 7. The van der Waals surface area contributed by atoms with E-state index in [9.17, 15) is 23.4 Å². The normalized spacial score (nSPS) is 45.1. The predicted octanol–water partition coefficient (Wildman–Crippen LogP) is 3.25. The largest absolute Gasteiger partial charge is 0.393 e. The molecule has 7 nitrogen and oxygen atoms in total. The minimum atomic E-state index is -4.06. The number of hydrogen-bond donors (Lipinski definition) is 4. The molecular weight excluding hydrogens is 454 g/mol. The zero-order valence-electron chi connectivity index (χ0n) is 21.0. The van der Waals surface area contributed by atoms with Crippen molar-refractivity contribution >= 4 is 16.0 Å². The molecule has 4 N–H and O–H groups in total. The van der Waals surface area contributed by atoms with Crippen molar-refractivity contribution in [2.75, 3.05) is 12.3 Å². The van der Waals surface area contributed by atoms with Crippen molar-refractivity contribution in [3.8, 4) is 0 Å². The summed E-state index contributed by atoms with van der Waals surface area (Å²) in [7, 11) is -4.06. The summed E-state index contributed by atoms with van der Waals surface area (Å²) in [4.78, 5) is 12.2. The Bertz CT molecular complexity index is 848. The summed E-state index contributed by atoms with van der Waals surface area (Å²) in [6.45, 7) is 7.03. The van der Waals surface area contributed by atoms with Crippen molar-refractivity contribution in [3.63, 3.8) is 0 Å². The molecule has 4 fully saturated rings. The van der Waals surface area contributed by atoms with E-state index in [0.29, 0.717) is 53.8 Å². The number of amides is 1. The standard InChI is InChI=1S/C26H45NO6S/c1-15(4-7-23(30)27-10-11-34(31,32)33)19-5-6-20-24(19)16(2)12-21-25(20)22(29)14-17-13-18(28)8-9-26(17,21)3/h15-22,24-25,28-29H,4-14H2,1-3H3,(H,27,30)(H,31,32,33)/t15-,16-,17+,18-,19+,20-,21+,22-,24-,25+,26+/m1/s1. The molecule has 0 heterocycles. The Morgan fingerprint density at radius 3 is 2.56 bits per heavy atom. The second kappa shape index (κ2) is 9.98. The molecule has 4 saturated carbocycles. The molecule has 0 saturated heterocycles. The molecule has 8 heteroatoms. The van der Waals surface area contributed by atoms with Crippen LogP contribution in [-0.4, -0.2) is 53.6 Å². The smallest absolute Gasteiger partial charge is 0.266 e. The van der Waals surface area contributed by atoms with Crippen molar-refractivity contribution in [1.82, 2.24) is 5.32 Å². The number of carbonyl (C=O) groups excluding carboxylic acids is 1. The van der Waals surface area contributed by atoms with Gasteiger partial charge in [0.25, 0.3) is 10.1 Å². The van der Waals surface area contributed by atoms with Crippen LogP contribution in [0.15, 0.2) is 0 Å². The van der Waals surface area contributed by atoms with Gasteiger partial charge in [0.05, 0.1) is 18.0 Å². The van der Waals surface area contributed by atoms with Gasteiger partial charge in [-0.1, -0.05) is 20.8 Å². The zero-order valence-corrected chi connectivity index (χ0v) is 21.8. The Balaban J connectivity index is 1.38. The van der Waals surface area contributed by atoms with E-state index in [-0.39, 0.29) is 30.1 Å². The van der Waals surface area contributed by atoms with Crippen LogP contribution in [0.4, 0.5) is 0 Å². The fourth-order valence-electron chi connectivity index (χ4n) is 9.00. The fourth-order valence-corrected chi connectivity index (χ4v) is 9.36. The van der Waals surface area contributed by atoms with Gasteiger partial charge < -0.3 is 15.5 Å². The van der Waals surface area contributed by atoms with Crippen LogP contribution >= 0.6 is 0 Å². The van der Waals surface area contributed by atoms with Crippen LogP contribution < -0.4 is 5.32 Å². The molecule has 4 aliphatic rings. The van der Waals surface area contributed by atoms with Gasteiger partial charge in [0.1, 0.15) is 0 Å². The van der Waals surface area contributed by atoms with E-state index in [2.05, 4.69) is 26.1 Å². The molecular formula is C26H45NO6S. The first-order valence-corrected chi connectivity index (χ1v) is 15.1. The van der Waals surface area contributed by atoms with Gasteiger partial charge in [-0.3, -0.25) is 9.35 Å². The van der Waals surface area contributed by atoms with Crippen molar-refractivity contribution in [2.24, 2.45) is 52.8 Å². The number of hydrogen-bond acceptors (Lipinski definition) is 5. The van der Waals surface area contributed by atoms with E-state index >= 15 is 0 Å². The third-order valence-corrected chi connectivity index (χ3v) is 11.3. The molecule has 0 unspecified atom stereocenters. The molecule has 0 aromatic carbocycles. The molecule has 0 aromatic rings. The van der Waals surface area contributed by atoms with Gasteiger partial charge >= 0.3 is 0 Å². The first kappa shape index (κ1) is 26.4. The number of nitrogens with one attached hydrogen (secondary N) is 1. The van der Waals surface area contributed by atoms with Gasteiger partial charge in [0, 0.05) is 13.0 Å². The maximum atomic E-state index is 12.2. The van der Waals surface area contributed by atoms with E-state index in [4.69, 9.17) is 4.55 Å². The van der Waals surface area contributed by atoms with E-state index in [1.54, 1.807) is 0 Å². The lowest BCUT2D eigenvalue weighted by Crippen LogP contribution is -2.58. The molecule has 4 aliphatic carbocycles. The second-order valence-corrected chi connectivity index (χ2v) is 14.0. The third-order valence-electron chi connectivity index (χ3n) is 10.6. The lowest BCUT2D eigenvalue weighted by atomic mass is 9.44. The minimum Gasteiger partial charge on any atom is -0.393 e. The van der Waals surface area contributed by atoms with E-state index in [1.807, 2.05) is 0 Å². The van der Waals surface area contributed by atoms with Gasteiger partial charge in [-0.25, -0.2) is 0 Å². The van der Waals surface area contributed by atoms with Crippen LogP contribution in [-0.2, 0) is 14.9 Å². The number of aliphatic hydroxyl groups is 2. The zero-order chi connectivity index (χ0) is 24.8. The Kier molecular flexibility index (Phi) is 7.74. The molecule has 0 radical (unpaired) electrons. The topological polar surface area (TPSA) is 124 Å². The first-order valence-electron chi connectivity index (χ1n) is 13.5. The van der Waals surface area contributed by atoms with Gasteiger partial charge in [-0.15, -0.1) is 0 Å². The van der Waals surface area contributed by atoms with Crippen molar-refractivity contribution in [3.05, 3.63) is 0 Å². The molecule has 34 heavy (non-hydrogen) atoms. The highest BCUT2D eigenvalue weighted by molar-refractivity contribution is 7.85. The molecule has 11 atom stereocenters. The number of fused-ring (bicyclic) bond motifs is 5. The van der Waals surface area contributed by atoms with Crippen LogP contribution in [0.2, 0.25) is 0 Å². The first-order chi connectivity index (χ1) is 15.9. The van der Waals surface area contributed by atoms with Crippen LogP contribution in [0, 0.1) is 52.8 Å². The molecule has 0 spiro atoms. The second-order valence-electron chi connectivity index (χ2n) is 12.5. The Morgan fingerprint density at radius 2 is 1.85 bits per heavy atom. The van der Waals surface area contributed by atoms with Crippen molar-refractivity contribution in [2.45, 2.75) is 90.8 Å². The fraction of sp³-hybridized carbons (Fsp3) is 0.962. The molecule has 0 bridgehead atoms. The van der Waals surface area contributed by atoms with Gasteiger partial charge in [-0.05, 0) is 104 Å². The number of aliphatic hydroxyl groups excluding tert-OH is 2. The Hall–Kier alpha value is -0.700. The molecule has 0 aromatic heterocycles. The summed E-state index contributed by atoms with van der Waals surface area (Å²) < 4.78 is 30.5. The van der Waals surface area contributed by atoms with Crippen molar-refractivity contribution in [1.29, 1.82) is 0 Å². The highest BCUT2D eigenvalue weighted by atomic mass is 32.2. The van der Waals surface area contributed by atoms with E-state index in [1.165, 1.54) is 0 Å². The minimum absolute atomic E-state index is 0.0606. The quantitative estimate of drug-likeness (QED) is 0.399. The van der Waals surface area contributed by atoms with Crippen LogP contribution in [0.5, 0.6) is 0 Å². The predicted molar refractivity (Wildman–Crippen MR) is 130 cm³/mol. The Labute approximate surface area is 205 Å². The summed E-state index contributed by atoms with van der Waals surface area (Å²) in [6, 6.07) is 0. The average Bonchev–Trinajstić information content (AvgIpc) is 3.19. The number of carbonyl (C=O) groups is 1. The summed E-state index contributed by atoms with van der Waals surface area (Å²) >= 11 is 0.